The van der Waals surface area contributed by atoms with Gasteiger partial charge in [-0.2, -0.15) is 0 Å². The predicted octanol–water partition coefficient (Wildman–Crippen LogP) is 6.01. The summed E-state index contributed by atoms with van der Waals surface area (Å²) in [6.07, 6.45) is -0.151. The molecule has 5 nitrogen and oxygen atoms in total. The highest BCUT2D eigenvalue weighted by atomic mass is 35.5. The predicted molar refractivity (Wildman–Crippen MR) is 121 cm³/mol. The largest absolute Gasteiger partial charge is 0.489 e. The summed E-state index contributed by atoms with van der Waals surface area (Å²) in [7, 11) is 0. The lowest BCUT2D eigenvalue weighted by atomic mass is 10.1. The number of amides is 1. The fourth-order valence-electron chi connectivity index (χ4n) is 3.52. The summed E-state index contributed by atoms with van der Waals surface area (Å²) in [5.74, 6) is -0.698. The van der Waals surface area contributed by atoms with Gasteiger partial charge < -0.3 is 14.7 Å². The van der Waals surface area contributed by atoms with Gasteiger partial charge in [0.05, 0.1) is 34.3 Å². The topological polar surface area (TPSA) is 66.8 Å². The molecule has 0 aliphatic carbocycles. The number of aliphatic carboxylic acids is 1. The van der Waals surface area contributed by atoms with Crippen LogP contribution in [0.3, 0.4) is 0 Å². The van der Waals surface area contributed by atoms with Gasteiger partial charge in [-0.05, 0) is 47.5 Å². The summed E-state index contributed by atoms with van der Waals surface area (Å²) in [5.41, 5.74) is 2.97. The van der Waals surface area contributed by atoms with Gasteiger partial charge in [-0.15, -0.1) is 0 Å². The quantitative estimate of drug-likeness (QED) is 0.473. The fourth-order valence-corrected chi connectivity index (χ4v) is 4.30. The Morgan fingerprint density at radius 1 is 1.00 bits per heavy atom. The molecule has 0 saturated heterocycles. The first-order valence-electron chi connectivity index (χ1n) is 9.34. The number of benzene rings is 3. The smallest absolute Gasteiger partial charge is 0.307 e. The summed E-state index contributed by atoms with van der Waals surface area (Å²) in [5, 5.41) is 10.2. The van der Waals surface area contributed by atoms with Crippen molar-refractivity contribution in [3.05, 3.63) is 91.9 Å². The van der Waals surface area contributed by atoms with Crippen LogP contribution in [0, 0.1) is 0 Å². The van der Waals surface area contributed by atoms with Crippen molar-refractivity contribution < 1.29 is 19.4 Å². The van der Waals surface area contributed by atoms with Crippen LogP contribution in [-0.2, 0) is 24.4 Å². The number of carbonyl (C=O) groups excluding carboxylic acids is 1. The van der Waals surface area contributed by atoms with Crippen LogP contribution in [0.25, 0.3) is 0 Å². The Morgan fingerprint density at radius 2 is 1.81 bits per heavy atom. The van der Waals surface area contributed by atoms with Crippen LogP contribution in [0.5, 0.6) is 5.75 Å². The first-order chi connectivity index (χ1) is 14.8. The highest BCUT2D eigenvalue weighted by molar-refractivity contribution is 6.37. The first kappa shape index (κ1) is 21.5. The van der Waals surface area contributed by atoms with Crippen LogP contribution in [0.4, 0.5) is 5.69 Å². The first-order valence-corrected chi connectivity index (χ1v) is 10.5. The van der Waals surface area contributed by atoms with Crippen molar-refractivity contribution in [1.82, 2.24) is 0 Å². The van der Waals surface area contributed by atoms with Crippen molar-refractivity contribution in [3.8, 4) is 5.75 Å². The molecule has 8 heteroatoms. The van der Waals surface area contributed by atoms with E-state index in [0.29, 0.717) is 38.2 Å². The minimum absolute atomic E-state index is 0.151. The van der Waals surface area contributed by atoms with Gasteiger partial charge in [-0.1, -0.05) is 53.0 Å². The molecule has 0 atom stereocenters. The number of ether oxygens (including phenoxy) is 1. The number of rotatable bonds is 6. The van der Waals surface area contributed by atoms with Crippen LogP contribution in [0.15, 0.2) is 54.6 Å². The van der Waals surface area contributed by atoms with Gasteiger partial charge in [0.15, 0.2) is 0 Å². The van der Waals surface area contributed by atoms with Gasteiger partial charge in [0, 0.05) is 10.6 Å². The zero-order chi connectivity index (χ0) is 22.1. The summed E-state index contributed by atoms with van der Waals surface area (Å²) < 4.78 is 5.98. The van der Waals surface area contributed by atoms with Gasteiger partial charge in [-0.25, -0.2) is 0 Å². The van der Waals surface area contributed by atoms with Gasteiger partial charge >= 0.3 is 5.97 Å². The fraction of sp³-hybridized carbons (Fsp3) is 0.130. The Hall–Kier alpha value is -2.73. The van der Waals surface area contributed by atoms with E-state index < -0.39 is 5.97 Å². The van der Waals surface area contributed by atoms with Gasteiger partial charge in [0.2, 0.25) is 0 Å². The van der Waals surface area contributed by atoms with Crippen LogP contribution in [0.1, 0.15) is 27.0 Å². The number of halogens is 3. The minimum Gasteiger partial charge on any atom is -0.489 e. The van der Waals surface area contributed by atoms with E-state index in [-0.39, 0.29) is 30.5 Å². The van der Waals surface area contributed by atoms with Gasteiger partial charge in [0.1, 0.15) is 12.4 Å². The zero-order valence-corrected chi connectivity index (χ0v) is 18.3. The van der Waals surface area contributed by atoms with E-state index >= 15 is 0 Å². The zero-order valence-electron chi connectivity index (χ0n) is 16.1. The second-order valence-electron chi connectivity index (χ2n) is 7.07. The molecule has 0 bridgehead atoms. The molecule has 0 aromatic heterocycles. The maximum absolute atomic E-state index is 13.1. The molecule has 3 aromatic rings. The molecule has 1 N–H and O–H groups in total. The second kappa shape index (κ2) is 8.79. The average Bonchev–Trinajstić information content (AvgIpc) is 3.05. The Labute approximate surface area is 193 Å². The van der Waals surface area contributed by atoms with E-state index in [1.165, 1.54) is 4.90 Å². The van der Waals surface area contributed by atoms with Gasteiger partial charge in [-0.3, -0.25) is 9.59 Å². The summed E-state index contributed by atoms with van der Waals surface area (Å²) in [4.78, 5) is 25.6. The number of carbonyl (C=O) groups is 2. The molecule has 0 fully saturated rings. The third kappa shape index (κ3) is 4.49. The number of anilines is 1. The second-order valence-corrected chi connectivity index (χ2v) is 8.32. The maximum Gasteiger partial charge on any atom is 0.307 e. The minimum atomic E-state index is -0.957. The van der Waals surface area contributed by atoms with Crippen molar-refractivity contribution >= 4 is 52.4 Å². The number of carboxylic acid groups (broad SMARTS) is 1. The van der Waals surface area contributed by atoms with E-state index in [2.05, 4.69) is 0 Å². The van der Waals surface area contributed by atoms with E-state index in [1.54, 1.807) is 36.4 Å². The lowest BCUT2D eigenvalue weighted by molar-refractivity contribution is -0.136. The van der Waals surface area contributed by atoms with Crippen LogP contribution in [-0.4, -0.2) is 17.0 Å². The molecule has 158 valence electrons. The number of nitrogens with zero attached hydrogens (tertiary/aromatic N) is 1. The molecule has 0 radical (unpaired) electrons. The van der Waals surface area contributed by atoms with Crippen molar-refractivity contribution in [2.75, 3.05) is 4.90 Å². The highest BCUT2D eigenvalue weighted by Crippen LogP contribution is 2.40. The molecule has 1 aliphatic heterocycles. The summed E-state index contributed by atoms with van der Waals surface area (Å²) >= 11 is 18.7. The van der Waals surface area contributed by atoms with Crippen molar-refractivity contribution in [3.63, 3.8) is 0 Å². The van der Waals surface area contributed by atoms with Crippen LogP contribution < -0.4 is 9.64 Å². The Morgan fingerprint density at radius 3 is 2.52 bits per heavy atom. The Kier molecular flexibility index (Phi) is 6.10. The molecule has 4 rings (SSSR count). The van der Waals surface area contributed by atoms with E-state index in [4.69, 9.17) is 44.6 Å². The SMILES string of the molecule is O=C(O)Cc1ccc(N2Cc3c(OCc4cccc(Cl)c4)ccc(Cl)c3C2=O)c(Cl)c1. The molecule has 3 aromatic carbocycles. The van der Waals surface area contributed by atoms with Crippen LogP contribution >= 0.6 is 34.8 Å². The summed E-state index contributed by atoms with van der Waals surface area (Å²) in [6.45, 7) is 0.519. The number of fused-ring (bicyclic) bond motifs is 1. The monoisotopic (exact) mass is 475 g/mol. The number of hydrogen-bond donors (Lipinski definition) is 1. The third-order valence-corrected chi connectivity index (χ3v) is 5.79. The molecule has 1 aliphatic rings. The van der Waals surface area contributed by atoms with E-state index in [0.717, 1.165) is 5.56 Å². The average molecular weight is 477 g/mol. The molecule has 1 heterocycles. The van der Waals surface area contributed by atoms with Crippen molar-refractivity contribution in [2.24, 2.45) is 0 Å². The molecule has 0 saturated carbocycles. The van der Waals surface area contributed by atoms with Crippen molar-refractivity contribution in [2.45, 2.75) is 19.6 Å². The van der Waals surface area contributed by atoms with E-state index in [9.17, 15) is 9.59 Å². The molecule has 0 spiro atoms. The van der Waals surface area contributed by atoms with E-state index in [1.807, 2.05) is 18.2 Å². The number of carboxylic acids is 1. The molecule has 31 heavy (non-hydrogen) atoms. The molecular formula is C23H16Cl3NO4. The standard InChI is InChI=1S/C23H16Cl3NO4/c24-15-3-1-2-14(8-15)12-31-20-7-5-17(25)22-16(20)11-27(23(22)30)19-6-4-13(9-18(19)26)10-21(28)29/h1-9H,10-12H2,(H,28,29). The lowest BCUT2D eigenvalue weighted by Crippen LogP contribution is -2.23. The van der Waals surface area contributed by atoms with Gasteiger partial charge in [0.25, 0.3) is 5.91 Å². The number of hydrogen-bond acceptors (Lipinski definition) is 3. The molecule has 0 unspecified atom stereocenters. The summed E-state index contributed by atoms with van der Waals surface area (Å²) in [6, 6.07) is 15.5. The van der Waals surface area contributed by atoms with Crippen molar-refractivity contribution in [1.29, 1.82) is 0 Å². The Bertz CT molecular complexity index is 1200. The van der Waals surface area contributed by atoms with Crippen LogP contribution in [0.2, 0.25) is 15.1 Å². The molecule has 1 amide bonds. The third-order valence-electron chi connectivity index (χ3n) is 4.94. The Balaban J connectivity index is 1.61. The lowest BCUT2D eigenvalue weighted by Gasteiger charge is -2.18. The maximum atomic E-state index is 13.1. The highest BCUT2D eigenvalue weighted by Gasteiger charge is 2.34. The normalized spacial score (nSPS) is 12.7. The molecular weight excluding hydrogens is 461 g/mol.